The van der Waals surface area contributed by atoms with E-state index in [4.69, 9.17) is 0 Å². The summed E-state index contributed by atoms with van der Waals surface area (Å²) in [6, 6.07) is 12.2. The Morgan fingerprint density at radius 3 is 2.64 bits per heavy atom. The molecule has 2 aromatic rings. The van der Waals surface area contributed by atoms with E-state index in [-0.39, 0.29) is 6.54 Å². The molecule has 0 N–H and O–H groups in total. The summed E-state index contributed by atoms with van der Waals surface area (Å²) in [5.41, 5.74) is 1.32. The summed E-state index contributed by atoms with van der Waals surface area (Å²) in [4.78, 5) is 12.0. The molecule has 1 aromatic heterocycles. The zero-order chi connectivity index (χ0) is 15.5. The molecule has 0 atom stereocenters. The number of anilines is 2. The van der Waals surface area contributed by atoms with Gasteiger partial charge in [0, 0.05) is 32.3 Å². The Bertz CT molecular complexity index is 615. The molecule has 0 spiro atoms. The molecule has 0 unspecified atom stereocenters. The van der Waals surface area contributed by atoms with E-state index in [9.17, 15) is 8.78 Å². The smallest absolute Gasteiger partial charge is 0.255 e. The van der Waals surface area contributed by atoms with Gasteiger partial charge in [-0.3, -0.25) is 0 Å². The van der Waals surface area contributed by atoms with Gasteiger partial charge in [-0.05, 0) is 11.6 Å². The number of aromatic nitrogens is 2. The largest absolute Gasteiger partial charge is 0.355 e. The van der Waals surface area contributed by atoms with Gasteiger partial charge < -0.3 is 9.80 Å². The Labute approximate surface area is 128 Å². The van der Waals surface area contributed by atoms with E-state index >= 15 is 0 Å². The van der Waals surface area contributed by atoms with Crippen LogP contribution in [-0.4, -0.2) is 43.1 Å². The molecule has 22 heavy (non-hydrogen) atoms. The van der Waals surface area contributed by atoms with Gasteiger partial charge in [0.2, 0.25) is 5.95 Å². The Balaban J connectivity index is 1.65. The summed E-state index contributed by atoms with van der Waals surface area (Å²) in [6.45, 7) is 1.41. The molecule has 1 aromatic carbocycles. The second-order valence-electron chi connectivity index (χ2n) is 5.50. The fourth-order valence-electron chi connectivity index (χ4n) is 2.59. The van der Waals surface area contributed by atoms with Crippen LogP contribution < -0.4 is 9.80 Å². The first kappa shape index (κ1) is 14.7. The molecule has 6 heteroatoms. The van der Waals surface area contributed by atoms with Gasteiger partial charge in [0.1, 0.15) is 5.82 Å². The Hall–Kier alpha value is -2.24. The van der Waals surface area contributed by atoms with E-state index < -0.39 is 6.43 Å². The number of halogens is 2. The zero-order valence-corrected chi connectivity index (χ0v) is 12.4. The third-order valence-corrected chi connectivity index (χ3v) is 3.86. The van der Waals surface area contributed by atoms with Crippen LogP contribution >= 0.6 is 0 Å². The van der Waals surface area contributed by atoms with Gasteiger partial charge in [0.05, 0.1) is 6.54 Å². The predicted octanol–water partition coefficient (Wildman–Crippen LogP) is 2.78. The number of nitrogens with zero attached hydrogens (tertiary/aromatic N) is 4. The number of rotatable bonds is 5. The van der Waals surface area contributed by atoms with Crippen molar-refractivity contribution < 1.29 is 8.78 Å². The van der Waals surface area contributed by atoms with Crippen molar-refractivity contribution in [2.45, 2.75) is 12.3 Å². The molecule has 0 aliphatic carbocycles. The van der Waals surface area contributed by atoms with E-state index in [0.717, 1.165) is 18.9 Å². The second-order valence-corrected chi connectivity index (χ2v) is 5.50. The molecule has 1 fully saturated rings. The third-order valence-electron chi connectivity index (χ3n) is 3.86. The minimum absolute atomic E-state index is 0.334. The van der Waals surface area contributed by atoms with Crippen LogP contribution in [0, 0.1) is 0 Å². The van der Waals surface area contributed by atoms with Crippen LogP contribution in [0.1, 0.15) is 11.5 Å². The first-order valence-corrected chi connectivity index (χ1v) is 7.25. The fraction of sp³-hybridized carbons (Fsp3) is 0.375. The second kappa shape index (κ2) is 6.25. The van der Waals surface area contributed by atoms with E-state index in [1.54, 1.807) is 13.2 Å². The minimum Gasteiger partial charge on any atom is -0.355 e. The Morgan fingerprint density at radius 2 is 1.95 bits per heavy atom. The van der Waals surface area contributed by atoms with Crippen molar-refractivity contribution >= 4 is 11.8 Å². The van der Waals surface area contributed by atoms with E-state index in [1.165, 1.54) is 10.5 Å². The summed E-state index contributed by atoms with van der Waals surface area (Å²) in [5.74, 6) is 1.62. The Kier molecular flexibility index (Phi) is 4.18. The van der Waals surface area contributed by atoms with Crippen molar-refractivity contribution in [3.63, 3.8) is 0 Å². The first-order chi connectivity index (χ1) is 10.6. The van der Waals surface area contributed by atoms with Gasteiger partial charge in [-0.2, -0.15) is 4.98 Å². The number of hydrogen-bond acceptors (Lipinski definition) is 4. The maximum absolute atomic E-state index is 12.4. The Morgan fingerprint density at radius 1 is 1.23 bits per heavy atom. The average molecular weight is 304 g/mol. The van der Waals surface area contributed by atoms with Crippen LogP contribution in [-0.2, 0) is 0 Å². The van der Waals surface area contributed by atoms with Crippen LogP contribution in [0.15, 0.2) is 42.6 Å². The molecule has 4 nitrogen and oxygen atoms in total. The van der Waals surface area contributed by atoms with Gasteiger partial charge >= 0.3 is 0 Å². The highest BCUT2D eigenvalue weighted by Gasteiger charge is 2.29. The van der Waals surface area contributed by atoms with Crippen LogP contribution in [0.5, 0.6) is 0 Å². The standard InChI is InChI=1S/C16H18F2N4/c1-21(11-14(17)18)16-19-8-7-15(20-16)22-9-13(10-22)12-5-3-2-4-6-12/h2-8,13-14H,9-11H2,1H3. The van der Waals surface area contributed by atoms with E-state index in [1.807, 2.05) is 24.3 Å². The lowest BCUT2D eigenvalue weighted by Gasteiger charge is -2.40. The maximum Gasteiger partial charge on any atom is 0.255 e. The molecule has 0 radical (unpaired) electrons. The molecule has 116 valence electrons. The zero-order valence-electron chi connectivity index (χ0n) is 12.4. The number of hydrogen-bond donors (Lipinski definition) is 0. The molecular weight excluding hydrogens is 286 g/mol. The molecule has 1 aliphatic heterocycles. The quantitative estimate of drug-likeness (QED) is 0.850. The molecule has 3 rings (SSSR count). The normalized spacial score (nSPS) is 15.0. The van der Waals surface area contributed by atoms with Gasteiger partial charge in [-0.25, -0.2) is 13.8 Å². The maximum atomic E-state index is 12.4. The van der Waals surface area contributed by atoms with Crippen LogP contribution in [0.3, 0.4) is 0 Å². The van der Waals surface area contributed by atoms with Crippen molar-refractivity contribution in [3.05, 3.63) is 48.2 Å². The molecule has 0 saturated carbocycles. The number of alkyl halides is 2. The van der Waals surface area contributed by atoms with Gasteiger partial charge in [0.15, 0.2) is 0 Å². The van der Waals surface area contributed by atoms with Gasteiger partial charge in [-0.1, -0.05) is 30.3 Å². The monoisotopic (exact) mass is 304 g/mol. The predicted molar refractivity (Wildman–Crippen MR) is 82.7 cm³/mol. The molecule has 1 saturated heterocycles. The highest BCUT2D eigenvalue weighted by atomic mass is 19.3. The SMILES string of the molecule is CN(CC(F)F)c1nccc(N2CC(c3ccccc3)C2)n1. The molecular formula is C16H18F2N4. The van der Waals surface area contributed by atoms with Crippen molar-refractivity contribution in [1.82, 2.24) is 9.97 Å². The van der Waals surface area contributed by atoms with E-state index in [2.05, 4.69) is 27.0 Å². The van der Waals surface area contributed by atoms with E-state index in [0.29, 0.717) is 11.9 Å². The van der Waals surface area contributed by atoms with Crippen molar-refractivity contribution in [2.75, 3.05) is 36.5 Å². The fourth-order valence-corrected chi connectivity index (χ4v) is 2.59. The van der Waals surface area contributed by atoms with Crippen LogP contribution in [0.4, 0.5) is 20.5 Å². The highest BCUT2D eigenvalue weighted by Crippen LogP contribution is 2.30. The summed E-state index contributed by atoms with van der Waals surface area (Å²) < 4.78 is 24.9. The first-order valence-electron chi connectivity index (χ1n) is 7.25. The molecule has 1 aliphatic rings. The molecule has 0 bridgehead atoms. The van der Waals surface area contributed by atoms with Crippen LogP contribution in [0.2, 0.25) is 0 Å². The number of benzene rings is 1. The lowest BCUT2D eigenvalue weighted by molar-refractivity contribution is 0.156. The van der Waals surface area contributed by atoms with Gasteiger partial charge in [0.25, 0.3) is 6.43 Å². The van der Waals surface area contributed by atoms with Crippen molar-refractivity contribution in [1.29, 1.82) is 0 Å². The summed E-state index contributed by atoms with van der Waals surface area (Å²) in [7, 11) is 1.58. The topological polar surface area (TPSA) is 32.3 Å². The summed E-state index contributed by atoms with van der Waals surface area (Å²) in [5, 5.41) is 0. The van der Waals surface area contributed by atoms with Gasteiger partial charge in [-0.15, -0.1) is 0 Å². The molecule has 0 amide bonds. The summed E-state index contributed by atoms with van der Waals surface area (Å²) in [6.07, 6.45) is -0.779. The lowest BCUT2D eigenvalue weighted by Crippen LogP contribution is -2.45. The van der Waals surface area contributed by atoms with Crippen molar-refractivity contribution in [3.8, 4) is 0 Å². The lowest BCUT2D eigenvalue weighted by atomic mass is 9.91. The van der Waals surface area contributed by atoms with Crippen molar-refractivity contribution in [2.24, 2.45) is 0 Å². The van der Waals surface area contributed by atoms with Crippen LogP contribution in [0.25, 0.3) is 0 Å². The minimum atomic E-state index is -2.40. The molecule has 2 heterocycles. The average Bonchev–Trinajstić information content (AvgIpc) is 2.46. The highest BCUT2D eigenvalue weighted by molar-refractivity contribution is 5.48. The third kappa shape index (κ3) is 3.16. The summed E-state index contributed by atoms with van der Waals surface area (Å²) >= 11 is 0.